The highest BCUT2D eigenvalue weighted by atomic mass is 35.5. The summed E-state index contributed by atoms with van der Waals surface area (Å²) in [4.78, 5) is 16.7. The summed E-state index contributed by atoms with van der Waals surface area (Å²) >= 11 is 12.2. The molecule has 0 bridgehead atoms. The normalized spacial score (nSPS) is 11.0. The average Bonchev–Trinajstić information content (AvgIpc) is 2.90. The van der Waals surface area contributed by atoms with Crippen LogP contribution in [0.3, 0.4) is 0 Å². The van der Waals surface area contributed by atoms with E-state index in [4.69, 9.17) is 23.2 Å². The lowest BCUT2D eigenvalue weighted by atomic mass is 10.1. The number of amides is 1. The monoisotopic (exact) mass is 375 g/mol. The van der Waals surface area contributed by atoms with Gasteiger partial charge in [-0.3, -0.25) is 4.79 Å². The Labute approximate surface area is 156 Å². The van der Waals surface area contributed by atoms with Crippen LogP contribution in [0.15, 0.2) is 42.5 Å². The number of imidazole rings is 1. The van der Waals surface area contributed by atoms with E-state index >= 15 is 0 Å². The van der Waals surface area contributed by atoms with Crippen LogP contribution < -0.4 is 5.32 Å². The van der Waals surface area contributed by atoms with Gasteiger partial charge in [0.05, 0.1) is 17.5 Å². The van der Waals surface area contributed by atoms with Gasteiger partial charge >= 0.3 is 0 Å². The lowest BCUT2D eigenvalue weighted by Gasteiger charge is -2.10. The molecule has 4 nitrogen and oxygen atoms in total. The Bertz CT molecular complexity index is 885. The summed E-state index contributed by atoms with van der Waals surface area (Å²) in [5.41, 5.74) is 2.78. The van der Waals surface area contributed by atoms with E-state index in [1.807, 2.05) is 25.1 Å². The zero-order valence-corrected chi connectivity index (χ0v) is 15.4. The summed E-state index contributed by atoms with van der Waals surface area (Å²) < 4.78 is 2.17. The number of aromatic nitrogens is 2. The molecule has 1 heterocycles. The van der Waals surface area contributed by atoms with E-state index in [1.54, 1.807) is 18.2 Å². The van der Waals surface area contributed by atoms with Crippen molar-refractivity contribution in [3.63, 3.8) is 0 Å². The second-order valence-electron chi connectivity index (χ2n) is 5.88. The number of halogens is 2. The van der Waals surface area contributed by atoms with Crippen LogP contribution in [-0.2, 0) is 17.8 Å². The minimum absolute atomic E-state index is 0.0813. The molecule has 0 aliphatic heterocycles. The van der Waals surface area contributed by atoms with Crippen molar-refractivity contribution in [2.75, 3.05) is 6.54 Å². The topological polar surface area (TPSA) is 46.9 Å². The van der Waals surface area contributed by atoms with Gasteiger partial charge in [0.1, 0.15) is 5.82 Å². The maximum atomic E-state index is 12.1. The molecule has 0 unspecified atom stereocenters. The van der Waals surface area contributed by atoms with Gasteiger partial charge in [-0.2, -0.15) is 0 Å². The van der Waals surface area contributed by atoms with Crippen LogP contribution in [0.4, 0.5) is 0 Å². The number of para-hydroxylation sites is 2. The highest BCUT2D eigenvalue weighted by Crippen LogP contribution is 2.24. The maximum absolute atomic E-state index is 12.1. The van der Waals surface area contributed by atoms with Gasteiger partial charge in [-0.05, 0) is 43.2 Å². The van der Waals surface area contributed by atoms with E-state index in [9.17, 15) is 4.79 Å². The SMILES string of the molecule is Cc1nc2ccccc2n1CCCNC(=O)Cc1c(Cl)cccc1Cl. The first-order chi connectivity index (χ1) is 12.1. The molecule has 6 heteroatoms. The number of carbonyl (C=O) groups is 1. The van der Waals surface area contributed by atoms with Crippen molar-refractivity contribution < 1.29 is 4.79 Å². The third-order valence-electron chi connectivity index (χ3n) is 4.13. The van der Waals surface area contributed by atoms with E-state index in [0.717, 1.165) is 29.8 Å². The van der Waals surface area contributed by atoms with E-state index < -0.39 is 0 Å². The number of carbonyl (C=O) groups excluding carboxylic acids is 1. The number of aryl methyl sites for hydroxylation is 2. The zero-order chi connectivity index (χ0) is 17.8. The van der Waals surface area contributed by atoms with Crippen molar-refractivity contribution in [1.29, 1.82) is 0 Å². The summed E-state index contributed by atoms with van der Waals surface area (Å²) in [6.07, 6.45) is 1.01. The van der Waals surface area contributed by atoms with Gasteiger partial charge in [0.25, 0.3) is 0 Å². The van der Waals surface area contributed by atoms with Crippen LogP contribution in [0, 0.1) is 6.92 Å². The first-order valence-corrected chi connectivity index (χ1v) is 8.93. The number of benzene rings is 2. The quantitative estimate of drug-likeness (QED) is 0.649. The first-order valence-electron chi connectivity index (χ1n) is 8.17. The molecule has 0 saturated carbocycles. The molecule has 0 aliphatic carbocycles. The number of nitrogens with zero attached hydrogens (tertiary/aromatic N) is 2. The van der Waals surface area contributed by atoms with Crippen molar-refractivity contribution >= 4 is 40.1 Å². The molecule has 1 aromatic heterocycles. The fourth-order valence-corrected chi connectivity index (χ4v) is 3.40. The number of hydrogen-bond donors (Lipinski definition) is 1. The predicted octanol–water partition coefficient (Wildman–Crippen LogP) is 4.40. The molecule has 2 aromatic carbocycles. The van der Waals surface area contributed by atoms with Crippen molar-refractivity contribution in [2.24, 2.45) is 0 Å². The summed E-state index contributed by atoms with van der Waals surface area (Å²) in [5, 5.41) is 3.96. The fourth-order valence-electron chi connectivity index (χ4n) is 2.87. The Morgan fingerprint density at radius 2 is 1.84 bits per heavy atom. The second kappa shape index (κ2) is 7.89. The Kier molecular flexibility index (Phi) is 5.61. The predicted molar refractivity (Wildman–Crippen MR) is 102 cm³/mol. The van der Waals surface area contributed by atoms with Gasteiger partial charge < -0.3 is 9.88 Å². The molecule has 0 fully saturated rings. The van der Waals surface area contributed by atoms with Crippen LogP contribution in [0.1, 0.15) is 17.8 Å². The minimum atomic E-state index is -0.0813. The van der Waals surface area contributed by atoms with Gasteiger partial charge in [0.2, 0.25) is 5.91 Å². The summed E-state index contributed by atoms with van der Waals surface area (Å²) in [6, 6.07) is 13.3. The van der Waals surface area contributed by atoms with Crippen LogP contribution >= 0.6 is 23.2 Å². The number of rotatable bonds is 6. The molecule has 0 radical (unpaired) electrons. The van der Waals surface area contributed by atoms with Crippen molar-refractivity contribution in [2.45, 2.75) is 26.3 Å². The van der Waals surface area contributed by atoms with E-state index in [0.29, 0.717) is 22.2 Å². The highest BCUT2D eigenvalue weighted by Gasteiger charge is 2.11. The van der Waals surface area contributed by atoms with Gasteiger partial charge in [-0.15, -0.1) is 0 Å². The summed E-state index contributed by atoms with van der Waals surface area (Å²) in [7, 11) is 0. The third-order valence-corrected chi connectivity index (χ3v) is 4.83. The Morgan fingerprint density at radius 1 is 1.12 bits per heavy atom. The molecule has 3 rings (SSSR count). The van der Waals surface area contributed by atoms with Crippen molar-refractivity contribution in [3.8, 4) is 0 Å². The molecule has 25 heavy (non-hydrogen) atoms. The molecule has 3 aromatic rings. The van der Waals surface area contributed by atoms with Crippen molar-refractivity contribution in [1.82, 2.24) is 14.9 Å². The van der Waals surface area contributed by atoms with Gasteiger partial charge in [0.15, 0.2) is 0 Å². The fraction of sp³-hybridized carbons (Fsp3) is 0.263. The maximum Gasteiger partial charge on any atom is 0.224 e. The van der Waals surface area contributed by atoms with Gasteiger partial charge in [-0.25, -0.2) is 4.98 Å². The van der Waals surface area contributed by atoms with E-state index in [1.165, 1.54) is 0 Å². The molecular formula is C19H19Cl2N3O. The largest absolute Gasteiger partial charge is 0.356 e. The Hall–Kier alpha value is -2.04. The van der Waals surface area contributed by atoms with Gasteiger partial charge in [0, 0.05) is 23.1 Å². The molecular weight excluding hydrogens is 357 g/mol. The number of nitrogens with one attached hydrogen (secondary N) is 1. The van der Waals surface area contributed by atoms with Crippen molar-refractivity contribution in [3.05, 3.63) is 63.9 Å². The van der Waals surface area contributed by atoms with E-state index in [2.05, 4.69) is 20.9 Å². The lowest BCUT2D eigenvalue weighted by molar-refractivity contribution is -0.120. The Morgan fingerprint density at radius 3 is 2.60 bits per heavy atom. The molecule has 0 atom stereocenters. The molecule has 1 amide bonds. The average molecular weight is 376 g/mol. The lowest BCUT2D eigenvalue weighted by Crippen LogP contribution is -2.27. The molecule has 0 spiro atoms. The third kappa shape index (κ3) is 4.14. The first kappa shape index (κ1) is 17.8. The molecule has 0 saturated heterocycles. The van der Waals surface area contributed by atoms with Gasteiger partial charge in [-0.1, -0.05) is 41.4 Å². The zero-order valence-electron chi connectivity index (χ0n) is 13.9. The smallest absolute Gasteiger partial charge is 0.224 e. The van der Waals surface area contributed by atoms with Crippen LogP contribution in [0.2, 0.25) is 10.0 Å². The number of hydrogen-bond acceptors (Lipinski definition) is 2. The molecule has 1 N–H and O–H groups in total. The second-order valence-corrected chi connectivity index (χ2v) is 6.69. The number of fused-ring (bicyclic) bond motifs is 1. The van der Waals surface area contributed by atoms with Crippen LogP contribution in [-0.4, -0.2) is 22.0 Å². The minimum Gasteiger partial charge on any atom is -0.356 e. The van der Waals surface area contributed by atoms with Crippen LogP contribution in [0.5, 0.6) is 0 Å². The van der Waals surface area contributed by atoms with Crippen LogP contribution in [0.25, 0.3) is 11.0 Å². The Balaban J connectivity index is 1.53. The van der Waals surface area contributed by atoms with E-state index in [-0.39, 0.29) is 12.3 Å². The molecule has 0 aliphatic rings. The molecule has 130 valence electrons. The summed E-state index contributed by atoms with van der Waals surface area (Å²) in [6.45, 7) is 3.39. The standard InChI is InChI=1S/C19H19Cl2N3O/c1-13-23-17-8-2-3-9-18(17)24(13)11-5-10-22-19(25)12-14-15(20)6-4-7-16(14)21/h2-4,6-9H,5,10-12H2,1H3,(H,22,25). The summed E-state index contributed by atoms with van der Waals surface area (Å²) in [5.74, 6) is 0.901. The highest BCUT2D eigenvalue weighted by molar-refractivity contribution is 6.36.